The van der Waals surface area contributed by atoms with Gasteiger partial charge in [0.2, 0.25) is 0 Å². The number of phosphoric ester groups is 2. The molecule has 0 fully saturated rings. The van der Waals surface area contributed by atoms with Crippen molar-refractivity contribution in [2.24, 2.45) is 11.8 Å². The Hall–Kier alpha value is -1.94. The Morgan fingerprint density at radius 3 is 0.642 bits per heavy atom. The molecule has 0 saturated carbocycles. The van der Waals surface area contributed by atoms with E-state index in [1.807, 2.05) is 0 Å². The minimum atomic E-state index is -4.97. The second kappa shape index (κ2) is 78.3. The number of hydrogen-bond acceptors (Lipinski definition) is 15. The highest BCUT2D eigenvalue weighted by Crippen LogP contribution is 2.45. The van der Waals surface area contributed by atoms with Gasteiger partial charge in [-0.25, -0.2) is 9.13 Å². The van der Waals surface area contributed by atoms with E-state index < -0.39 is 97.5 Å². The molecule has 630 valence electrons. The first-order valence-corrected chi connectivity index (χ1v) is 48.0. The smallest absolute Gasteiger partial charge is 0.462 e. The van der Waals surface area contributed by atoms with Crippen LogP contribution < -0.4 is 0 Å². The molecular weight excluding hydrogens is 1380 g/mol. The van der Waals surface area contributed by atoms with Crippen molar-refractivity contribution in [3.63, 3.8) is 0 Å². The summed E-state index contributed by atoms with van der Waals surface area (Å²) in [6, 6.07) is 0. The van der Waals surface area contributed by atoms with Crippen molar-refractivity contribution in [3.8, 4) is 0 Å². The minimum Gasteiger partial charge on any atom is -0.462 e. The fraction of sp³-hybridized carbons (Fsp3) is 0.954. The Balaban J connectivity index is 5.20. The molecule has 0 spiro atoms. The van der Waals surface area contributed by atoms with E-state index in [0.717, 1.165) is 102 Å². The Kier molecular flexibility index (Phi) is 76.9. The summed E-state index contributed by atoms with van der Waals surface area (Å²) in [6.07, 6.45) is 71.2. The number of phosphoric acid groups is 2. The van der Waals surface area contributed by atoms with Crippen LogP contribution in [0.2, 0.25) is 0 Å². The second-order valence-corrected chi connectivity index (χ2v) is 35.1. The lowest BCUT2D eigenvalue weighted by Crippen LogP contribution is -2.30. The number of carbonyl (C=O) groups excluding carboxylic acids is 4. The fourth-order valence-electron chi connectivity index (χ4n) is 13.6. The van der Waals surface area contributed by atoms with E-state index in [4.69, 9.17) is 37.0 Å². The number of carbonyl (C=O) groups is 4. The van der Waals surface area contributed by atoms with Crippen molar-refractivity contribution < 1.29 is 80.2 Å². The third-order valence-electron chi connectivity index (χ3n) is 20.5. The molecule has 0 aromatic carbocycles. The zero-order valence-corrected chi connectivity index (χ0v) is 71.5. The molecule has 0 aliphatic rings. The zero-order valence-electron chi connectivity index (χ0n) is 69.7. The normalized spacial score (nSPS) is 13.8. The molecule has 5 atom stereocenters. The maximum absolute atomic E-state index is 13.2. The van der Waals surface area contributed by atoms with Gasteiger partial charge < -0.3 is 33.8 Å². The van der Waals surface area contributed by atoms with Crippen LogP contribution in [0.3, 0.4) is 0 Å². The van der Waals surface area contributed by atoms with Gasteiger partial charge in [0.05, 0.1) is 26.4 Å². The molecule has 2 unspecified atom stereocenters. The molecule has 17 nitrogen and oxygen atoms in total. The maximum Gasteiger partial charge on any atom is 0.472 e. The van der Waals surface area contributed by atoms with Gasteiger partial charge in [-0.05, 0) is 37.5 Å². The van der Waals surface area contributed by atoms with Gasteiger partial charge in [-0.1, -0.05) is 414 Å². The van der Waals surface area contributed by atoms with E-state index in [9.17, 15) is 43.2 Å². The Labute approximate surface area is 651 Å². The first-order valence-electron chi connectivity index (χ1n) is 45.0. The van der Waals surface area contributed by atoms with Gasteiger partial charge in [-0.15, -0.1) is 0 Å². The van der Waals surface area contributed by atoms with E-state index in [1.54, 1.807) is 0 Å². The maximum atomic E-state index is 13.2. The van der Waals surface area contributed by atoms with Crippen LogP contribution in [-0.2, 0) is 65.4 Å². The quantitative estimate of drug-likeness (QED) is 0.0222. The van der Waals surface area contributed by atoms with E-state index in [2.05, 4.69) is 41.5 Å². The number of rotatable bonds is 86. The van der Waals surface area contributed by atoms with Crippen molar-refractivity contribution in [1.29, 1.82) is 0 Å². The zero-order chi connectivity index (χ0) is 77.8. The molecule has 0 rings (SSSR count). The highest BCUT2D eigenvalue weighted by Gasteiger charge is 2.30. The van der Waals surface area contributed by atoms with Crippen molar-refractivity contribution >= 4 is 39.5 Å². The molecule has 3 N–H and O–H groups in total. The summed E-state index contributed by atoms with van der Waals surface area (Å²) in [5, 5.41) is 10.7. The Morgan fingerprint density at radius 2 is 0.434 bits per heavy atom. The van der Waals surface area contributed by atoms with Crippen LogP contribution in [0.15, 0.2) is 0 Å². The first-order chi connectivity index (χ1) is 51.4. The van der Waals surface area contributed by atoms with Crippen molar-refractivity contribution in [2.75, 3.05) is 39.6 Å². The summed E-state index contributed by atoms with van der Waals surface area (Å²) in [4.78, 5) is 73.2. The van der Waals surface area contributed by atoms with Gasteiger partial charge in [0.15, 0.2) is 12.2 Å². The second-order valence-electron chi connectivity index (χ2n) is 32.2. The molecule has 0 radical (unpaired) electrons. The molecule has 0 aliphatic heterocycles. The monoisotopic (exact) mass is 1550 g/mol. The summed E-state index contributed by atoms with van der Waals surface area (Å²) in [5.74, 6) is -0.650. The van der Waals surface area contributed by atoms with Crippen LogP contribution in [0.4, 0.5) is 0 Å². The van der Waals surface area contributed by atoms with Crippen LogP contribution in [-0.4, -0.2) is 96.7 Å². The molecule has 0 amide bonds. The van der Waals surface area contributed by atoms with Gasteiger partial charge in [0.25, 0.3) is 0 Å². The van der Waals surface area contributed by atoms with Crippen LogP contribution in [0.5, 0.6) is 0 Å². The van der Waals surface area contributed by atoms with E-state index in [-0.39, 0.29) is 25.7 Å². The third-order valence-corrected chi connectivity index (χ3v) is 22.4. The number of ether oxygens (including phenoxy) is 4. The lowest BCUT2D eigenvalue weighted by molar-refractivity contribution is -0.161. The van der Waals surface area contributed by atoms with Crippen LogP contribution in [0, 0.1) is 11.8 Å². The molecule has 0 aromatic rings. The number of aliphatic hydroxyl groups excluding tert-OH is 1. The SMILES string of the molecule is CCCCCCCCCCCCCCCCCCCCCCCC(=O)OC[C@H](COP(=O)(O)OC[C@@H](O)COP(=O)(O)OC[C@@H](COC(=O)CCCCCCCCC(C)C)OC(=O)CCCCCCCCCCCCCCC(C)C)OC(=O)CCCCCCCCCCCCCCCCCCCCCCC. The standard InChI is InChI=1S/C87H170O17P2/c1-7-9-11-13-15-17-19-21-23-25-27-29-31-33-35-37-42-46-50-57-63-69-84(89)97-75-82(103-86(91)71-65-59-51-47-43-38-36-34-32-30-28-26-24-22-20-18-16-14-12-10-8-2)77-101-105(93,94)99-73-81(88)74-100-106(95,96)102-78-83(76-98-85(90)70-64-58-54-53-56-62-68-80(5)6)104-87(92)72-66-60-52-48-44-40-39-41-45-49-55-61-67-79(3)4/h79-83,88H,7-78H2,1-6H3,(H,93,94)(H,95,96)/t81-,82-,83-/m1/s1. The van der Waals surface area contributed by atoms with Crippen molar-refractivity contribution in [2.45, 2.75) is 484 Å². The summed E-state index contributed by atoms with van der Waals surface area (Å²) < 4.78 is 68.9. The molecule has 106 heavy (non-hydrogen) atoms. The lowest BCUT2D eigenvalue weighted by Gasteiger charge is -2.21. The van der Waals surface area contributed by atoms with Gasteiger partial charge in [0.1, 0.15) is 19.3 Å². The summed E-state index contributed by atoms with van der Waals surface area (Å²) in [5.41, 5.74) is 0. The van der Waals surface area contributed by atoms with Gasteiger partial charge in [-0.2, -0.15) is 0 Å². The molecule has 0 bridgehead atoms. The van der Waals surface area contributed by atoms with E-state index in [0.29, 0.717) is 31.6 Å². The summed E-state index contributed by atoms with van der Waals surface area (Å²) in [7, 11) is -9.93. The average molecular weight is 1550 g/mol. The fourth-order valence-corrected chi connectivity index (χ4v) is 15.2. The van der Waals surface area contributed by atoms with E-state index >= 15 is 0 Å². The molecule has 0 aromatic heterocycles. The number of esters is 4. The lowest BCUT2D eigenvalue weighted by atomic mass is 10.0. The highest BCUT2D eigenvalue weighted by molar-refractivity contribution is 7.47. The topological polar surface area (TPSA) is 237 Å². The minimum absolute atomic E-state index is 0.106. The average Bonchev–Trinajstić information content (AvgIpc) is 0.906. The molecule has 0 aliphatic carbocycles. The first kappa shape index (κ1) is 104. The number of unbranched alkanes of at least 4 members (excludes halogenated alkanes) is 56. The van der Waals surface area contributed by atoms with Crippen LogP contribution in [0.25, 0.3) is 0 Å². The summed E-state index contributed by atoms with van der Waals surface area (Å²) in [6.45, 7) is 9.59. The molecular formula is C87H170O17P2. The van der Waals surface area contributed by atoms with Crippen molar-refractivity contribution in [1.82, 2.24) is 0 Å². The van der Waals surface area contributed by atoms with Crippen molar-refractivity contribution in [3.05, 3.63) is 0 Å². The Morgan fingerprint density at radius 1 is 0.255 bits per heavy atom. The third kappa shape index (κ3) is 80.1. The molecule has 0 heterocycles. The predicted molar refractivity (Wildman–Crippen MR) is 437 cm³/mol. The Bertz CT molecular complexity index is 2030. The van der Waals surface area contributed by atoms with Gasteiger partial charge in [0, 0.05) is 25.7 Å². The van der Waals surface area contributed by atoms with Gasteiger partial charge >= 0.3 is 39.5 Å². The van der Waals surface area contributed by atoms with Gasteiger partial charge in [-0.3, -0.25) is 37.3 Å². The number of aliphatic hydroxyl groups is 1. The summed E-state index contributed by atoms with van der Waals surface area (Å²) >= 11 is 0. The number of hydrogen-bond donors (Lipinski definition) is 3. The van der Waals surface area contributed by atoms with Crippen LogP contribution >= 0.6 is 15.6 Å². The van der Waals surface area contributed by atoms with E-state index in [1.165, 1.54) is 276 Å². The highest BCUT2D eigenvalue weighted by atomic mass is 31.2. The van der Waals surface area contributed by atoms with Crippen LogP contribution in [0.1, 0.15) is 465 Å². The molecule has 0 saturated heterocycles. The largest absolute Gasteiger partial charge is 0.472 e. The molecule has 19 heteroatoms. The predicted octanol–water partition coefficient (Wildman–Crippen LogP) is 26.6.